The number of amides is 1. The van der Waals surface area contributed by atoms with Crippen molar-refractivity contribution in [2.45, 2.75) is 44.7 Å². The normalized spacial score (nSPS) is 21.6. The summed E-state index contributed by atoms with van der Waals surface area (Å²) in [5, 5.41) is 3.10. The Morgan fingerprint density at radius 2 is 1.87 bits per heavy atom. The lowest BCUT2D eigenvalue weighted by molar-refractivity contribution is -0.122. The smallest absolute Gasteiger partial charge is 0.221 e. The van der Waals surface area contributed by atoms with Crippen molar-refractivity contribution in [2.24, 2.45) is 0 Å². The highest BCUT2D eigenvalue weighted by Crippen LogP contribution is 2.20. The van der Waals surface area contributed by atoms with Crippen molar-refractivity contribution in [3.63, 3.8) is 0 Å². The van der Waals surface area contributed by atoms with Crippen LogP contribution in [0.25, 0.3) is 0 Å². The number of likely N-dealkylation sites (tertiary alicyclic amines) is 2. The minimum absolute atomic E-state index is 0.0844. The van der Waals surface area contributed by atoms with E-state index in [1.54, 1.807) is 0 Å². The molecule has 0 spiro atoms. The SMILES string of the molecule is CC(NC(=O)CCN1CC(N2CCCCC2)C1)c1ccccc1. The standard InChI is InChI=1S/C19H29N3O/c1-16(17-8-4-2-5-9-17)20-19(23)10-13-21-14-18(15-21)22-11-6-3-7-12-22/h2,4-5,8-9,16,18H,3,6-7,10-15H2,1H3,(H,20,23). The monoisotopic (exact) mass is 315 g/mol. The third-order valence-electron chi connectivity index (χ3n) is 5.18. The second-order valence-corrected chi connectivity index (χ2v) is 6.96. The highest BCUT2D eigenvalue weighted by Gasteiger charge is 2.32. The number of carbonyl (C=O) groups excluding carboxylic acids is 1. The molecule has 1 aromatic carbocycles. The quantitative estimate of drug-likeness (QED) is 0.876. The number of hydrogen-bond acceptors (Lipinski definition) is 3. The molecule has 0 aromatic heterocycles. The first-order valence-corrected chi connectivity index (χ1v) is 9.03. The molecule has 2 fully saturated rings. The minimum atomic E-state index is 0.0844. The van der Waals surface area contributed by atoms with Crippen LogP contribution in [0, 0.1) is 0 Å². The Bertz CT molecular complexity index is 493. The third-order valence-corrected chi connectivity index (χ3v) is 5.18. The van der Waals surface area contributed by atoms with Crippen molar-refractivity contribution in [3.8, 4) is 0 Å². The molecule has 4 heteroatoms. The van der Waals surface area contributed by atoms with E-state index in [1.165, 1.54) is 32.4 Å². The zero-order valence-corrected chi connectivity index (χ0v) is 14.2. The first kappa shape index (κ1) is 16.5. The van der Waals surface area contributed by atoms with Crippen LogP contribution in [0.5, 0.6) is 0 Å². The molecule has 3 rings (SSSR count). The summed E-state index contributed by atoms with van der Waals surface area (Å²) in [5.74, 6) is 0.155. The van der Waals surface area contributed by atoms with Crippen LogP contribution in [0.1, 0.15) is 44.2 Å². The molecule has 126 valence electrons. The minimum Gasteiger partial charge on any atom is -0.350 e. The van der Waals surface area contributed by atoms with Gasteiger partial charge in [-0.3, -0.25) is 14.6 Å². The van der Waals surface area contributed by atoms with E-state index in [-0.39, 0.29) is 11.9 Å². The first-order valence-electron chi connectivity index (χ1n) is 9.03. The van der Waals surface area contributed by atoms with Gasteiger partial charge in [-0.05, 0) is 38.4 Å². The number of carbonyl (C=O) groups is 1. The fourth-order valence-corrected chi connectivity index (χ4v) is 3.64. The average molecular weight is 315 g/mol. The largest absolute Gasteiger partial charge is 0.350 e. The fourth-order valence-electron chi connectivity index (χ4n) is 3.64. The van der Waals surface area contributed by atoms with Gasteiger partial charge in [-0.1, -0.05) is 36.8 Å². The summed E-state index contributed by atoms with van der Waals surface area (Å²) in [5.41, 5.74) is 1.16. The fraction of sp³-hybridized carbons (Fsp3) is 0.632. The molecule has 0 aliphatic carbocycles. The van der Waals surface area contributed by atoms with Gasteiger partial charge in [0, 0.05) is 32.1 Å². The van der Waals surface area contributed by atoms with Gasteiger partial charge in [0.15, 0.2) is 0 Å². The molecule has 2 aliphatic heterocycles. The maximum absolute atomic E-state index is 12.1. The lowest BCUT2D eigenvalue weighted by Gasteiger charge is -2.46. The van der Waals surface area contributed by atoms with Crippen LogP contribution in [-0.2, 0) is 4.79 Å². The topological polar surface area (TPSA) is 35.6 Å². The van der Waals surface area contributed by atoms with E-state index in [9.17, 15) is 4.79 Å². The predicted octanol–water partition coefficient (Wildman–Crippen LogP) is 2.42. The molecule has 1 unspecified atom stereocenters. The van der Waals surface area contributed by atoms with E-state index >= 15 is 0 Å². The summed E-state index contributed by atoms with van der Waals surface area (Å²) in [6.07, 6.45) is 4.71. The van der Waals surface area contributed by atoms with Crippen molar-refractivity contribution in [1.82, 2.24) is 15.1 Å². The molecule has 2 aliphatic rings. The van der Waals surface area contributed by atoms with Crippen LogP contribution < -0.4 is 5.32 Å². The number of rotatable bonds is 6. The summed E-state index contributed by atoms with van der Waals surface area (Å²) < 4.78 is 0. The Kier molecular flexibility index (Phi) is 5.68. The molecular formula is C19H29N3O. The van der Waals surface area contributed by atoms with E-state index in [0.717, 1.165) is 31.2 Å². The van der Waals surface area contributed by atoms with Crippen molar-refractivity contribution >= 4 is 5.91 Å². The van der Waals surface area contributed by atoms with Crippen LogP contribution in [-0.4, -0.2) is 54.5 Å². The van der Waals surface area contributed by atoms with Crippen LogP contribution in [0.2, 0.25) is 0 Å². The van der Waals surface area contributed by atoms with Crippen LogP contribution in [0.3, 0.4) is 0 Å². The van der Waals surface area contributed by atoms with Crippen molar-refractivity contribution in [3.05, 3.63) is 35.9 Å². The molecule has 0 radical (unpaired) electrons. The molecule has 1 amide bonds. The number of hydrogen-bond donors (Lipinski definition) is 1. The average Bonchev–Trinajstić information content (AvgIpc) is 2.55. The summed E-state index contributed by atoms with van der Waals surface area (Å²) >= 11 is 0. The highest BCUT2D eigenvalue weighted by molar-refractivity contribution is 5.76. The predicted molar refractivity (Wildman–Crippen MR) is 93.3 cm³/mol. The van der Waals surface area contributed by atoms with E-state index in [2.05, 4.69) is 27.2 Å². The Hall–Kier alpha value is -1.39. The lowest BCUT2D eigenvalue weighted by atomic mass is 10.0. The van der Waals surface area contributed by atoms with E-state index in [4.69, 9.17) is 0 Å². The molecule has 1 aromatic rings. The van der Waals surface area contributed by atoms with Gasteiger partial charge in [-0.15, -0.1) is 0 Å². The zero-order chi connectivity index (χ0) is 16.1. The molecule has 0 bridgehead atoms. The molecule has 4 nitrogen and oxygen atoms in total. The van der Waals surface area contributed by atoms with Gasteiger partial charge in [0.1, 0.15) is 0 Å². The van der Waals surface area contributed by atoms with E-state index < -0.39 is 0 Å². The van der Waals surface area contributed by atoms with Crippen LogP contribution in [0.4, 0.5) is 0 Å². The second-order valence-electron chi connectivity index (χ2n) is 6.96. The van der Waals surface area contributed by atoms with Gasteiger partial charge in [-0.2, -0.15) is 0 Å². The summed E-state index contributed by atoms with van der Waals surface area (Å²) in [6.45, 7) is 7.76. The molecule has 1 N–H and O–H groups in total. The molecule has 23 heavy (non-hydrogen) atoms. The molecule has 0 saturated carbocycles. The summed E-state index contributed by atoms with van der Waals surface area (Å²) in [6, 6.07) is 11.0. The van der Waals surface area contributed by atoms with Crippen molar-refractivity contribution < 1.29 is 4.79 Å². The third kappa shape index (κ3) is 4.55. The Labute approximate surface area is 139 Å². The Morgan fingerprint density at radius 1 is 1.17 bits per heavy atom. The van der Waals surface area contributed by atoms with Crippen LogP contribution in [0.15, 0.2) is 30.3 Å². The van der Waals surface area contributed by atoms with Gasteiger partial charge in [-0.25, -0.2) is 0 Å². The Morgan fingerprint density at radius 3 is 2.57 bits per heavy atom. The number of benzene rings is 1. The maximum Gasteiger partial charge on any atom is 0.221 e. The second kappa shape index (κ2) is 7.93. The van der Waals surface area contributed by atoms with Gasteiger partial charge >= 0.3 is 0 Å². The molecule has 1 atom stereocenters. The Balaban J connectivity index is 1.33. The lowest BCUT2D eigenvalue weighted by Crippen LogP contribution is -2.60. The maximum atomic E-state index is 12.1. The summed E-state index contributed by atoms with van der Waals surface area (Å²) in [7, 11) is 0. The number of nitrogens with one attached hydrogen (secondary N) is 1. The number of nitrogens with zero attached hydrogens (tertiary/aromatic N) is 2. The van der Waals surface area contributed by atoms with Crippen LogP contribution >= 0.6 is 0 Å². The molecule has 2 heterocycles. The van der Waals surface area contributed by atoms with Gasteiger partial charge in [0.05, 0.1) is 6.04 Å². The van der Waals surface area contributed by atoms with Gasteiger partial charge in [0.2, 0.25) is 5.91 Å². The zero-order valence-electron chi connectivity index (χ0n) is 14.2. The van der Waals surface area contributed by atoms with Crippen molar-refractivity contribution in [1.29, 1.82) is 0 Å². The van der Waals surface area contributed by atoms with Gasteiger partial charge in [0.25, 0.3) is 0 Å². The van der Waals surface area contributed by atoms with Gasteiger partial charge < -0.3 is 5.32 Å². The molecular weight excluding hydrogens is 286 g/mol. The molecule has 2 saturated heterocycles. The summed E-state index contributed by atoms with van der Waals surface area (Å²) in [4.78, 5) is 17.2. The highest BCUT2D eigenvalue weighted by atomic mass is 16.1. The first-order chi connectivity index (χ1) is 11.2. The number of piperidine rings is 1. The van der Waals surface area contributed by atoms with Crippen molar-refractivity contribution in [2.75, 3.05) is 32.7 Å². The van der Waals surface area contributed by atoms with E-state index in [1.807, 2.05) is 25.1 Å². The van der Waals surface area contributed by atoms with E-state index in [0.29, 0.717) is 6.42 Å².